The van der Waals surface area contributed by atoms with Crippen LogP contribution in [0.3, 0.4) is 0 Å². The van der Waals surface area contributed by atoms with Crippen LogP contribution in [0, 0.1) is 5.92 Å². The van der Waals surface area contributed by atoms with Gasteiger partial charge in [0.2, 0.25) is 5.91 Å². The van der Waals surface area contributed by atoms with E-state index in [1.165, 1.54) is 0 Å². The van der Waals surface area contributed by atoms with Crippen LogP contribution < -0.4 is 5.32 Å². The minimum Gasteiger partial charge on any atom is -0.378 e. The van der Waals surface area contributed by atoms with E-state index in [2.05, 4.69) is 31.0 Å². The molecule has 0 radical (unpaired) electrons. The van der Waals surface area contributed by atoms with Crippen molar-refractivity contribution >= 4 is 5.91 Å². The molecule has 0 aromatic rings. The Morgan fingerprint density at radius 2 is 2.22 bits per heavy atom. The number of nitrogens with zero attached hydrogens (tertiary/aromatic N) is 1. The molecule has 0 saturated carbocycles. The lowest BCUT2D eigenvalue weighted by Gasteiger charge is -2.28. The molecule has 2 rings (SSSR count). The smallest absolute Gasteiger partial charge is 0.241 e. The molecule has 4 unspecified atom stereocenters. The predicted molar refractivity (Wildman–Crippen MR) is 71.1 cm³/mol. The van der Waals surface area contributed by atoms with E-state index in [0.717, 1.165) is 38.8 Å². The Labute approximate surface area is 110 Å². The van der Waals surface area contributed by atoms with Gasteiger partial charge >= 0.3 is 0 Å². The Balaban J connectivity index is 2.00. The Bertz CT molecular complexity index is 296. The highest BCUT2D eigenvalue weighted by molar-refractivity contribution is 5.84. The summed E-state index contributed by atoms with van der Waals surface area (Å²) in [4.78, 5) is 14.4. The fourth-order valence-corrected chi connectivity index (χ4v) is 3.04. The maximum Gasteiger partial charge on any atom is 0.241 e. The Hall–Kier alpha value is -0.610. The maximum absolute atomic E-state index is 12.3. The largest absolute Gasteiger partial charge is 0.378 e. The Morgan fingerprint density at radius 3 is 2.78 bits per heavy atom. The van der Waals surface area contributed by atoms with Crippen molar-refractivity contribution in [1.29, 1.82) is 0 Å². The molecule has 2 heterocycles. The van der Waals surface area contributed by atoms with Crippen molar-refractivity contribution in [2.75, 3.05) is 13.2 Å². The number of hydrogen-bond donors (Lipinski definition) is 1. The topological polar surface area (TPSA) is 41.6 Å². The molecule has 2 aliphatic heterocycles. The summed E-state index contributed by atoms with van der Waals surface area (Å²) in [5, 5.41) is 3.47. The quantitative estimate of drug-likeness (QED) is 0.812. The number of carbonyl (C=O) groups excluding carboxylic acids is 1. The average molecular weight is 254 g/mol. The van der Waals surface area contributed by atoms with Gasteiger partial charge in [0.15, 0.2) is 0 Å². The van der Waals surface area contributed by atoms with Crippen LogP contribution in [0.25, 0.3) is 0 Å². The van der Waals surface area contributed by atoms with Crippen LogP contribution in [0.4, 0.5) is 0 Å². The molecular weight excluding hydrogens is 228 g/mol. The highest BCUT2D eigenvalue weighted by atomic mass is 16.5. The third kappa shape index (κ3) is 2.69. The zero-order valence-corrected chi connectivity index (χ0v) is 11.8. The van der Waals surface area contributed by atoms with E-state index in [0.29, 0.717) is 12.0 Å². The highest BCUT2D eigenvalue weighted by Gasteiger charge is 2.39. The number of ether oxygens (including phenoxy) is 1. The van der Waals surface area contributed by atoms with Crippen molar-refractivity contribution in [3.8, 4) is 0 Å². The number of rotatable bonds is 5. The summed E-state index contributed by atoms with van der Waals surface area (Å²) in [6, 6.07) is 0.0270. The Kier molecular flexibility index (Phi) is 4.62. The van der Waals surface area contributed by atoms with Gasteiger partial charge in [-0.3, -0.25) is 10.1 Å². The van der Waals surface area contributed by atoms with Crippen LogP contribution in [-0.2, 0) is 9.53 Å². The van der Waals surface area contributed by atoms with Crippen molar-refractivity contribution in [1.82, 2.24) is 10.2 Å². The van der Waals surface area contributed by atoms with Crippen LogP contribution in [0.1, 0.15) is 46.5 Å². The summed E-state index contributed by atoms with van der Waals surface area (Å²) < 4.78 is 5.60. The minimum atomic E-state index is 0.0270. The second kappa shape index (κ2) is 6.02. The van der Waals surface area contributed by atoms with E-state index in [1.54, 1.807) is 0 Å². The molecule has 0 aliphatic carbocycles. The van der Waals surface area contributed by atoms with Gasteiger partial charge in [-0.25, -0.2) is 0 Å². The lowest BCUT2D eigenvalue weighted by molar-refractivity contribution is -0.131. The van der Waals surface area contributed by atoms with Crippen molar-refractivity contribution in [2.45, 2.75) is 64.8 Å². The lowest BCUT2D eigenvalue weighted by Crippen LogP contribution is -2.41. The van der Waals surface area contributed by atoms with Gasteiger partial charge in [0.1, 0.15) is 0 Å². The van der Waals surface area contributed by atoms with Gasteiger partial charge in [0.05, 0.1) is 18.3 Å². The second-order valence-corrected chi connectivity index (χ2v) is 5.55. The van der Waals surface area contributed by atoms with Gasteiger partial charge in [-0.05, 0) is 26.2 Å². The van der Waals surface area contributed by atoms with Crippen molar-refractivity contribution in [3.63, 3.8) is 0 Å². The number of hydrogen-bond acceptors (Lipinski definition) is 3. The summed E-state index contributed by atoms with van der Waals surface area (Å²) in [6.45, 7) is 8.07. The van der Waals surface area contributed by atoms with Crippen LogP contribution in [0.15, 0.2) is 0 Å². The van der Waals surface area contributed by atoms with E-state index in [4.69, 9.17) is 4.74 Å². The molecule has 2 saturated heterocycles. The standard InChI is InChI=1S/C14H26N2O2/c1-4-6-13-15-12(5-2)14(17)16(13)9-11-7-8-18-10(11)3/h10-13,15H,4-9H2,1-3H3. The molecule has 2 aliphatic rings. The molecule has 2 fully saturated rings. The molecule has 0 bridgehead atoms. The number of amides is 1. The number of nitrogens with one attached hydrogen (secondary N) is 1. The molecule has 1 N–H and O–H groups in total. The lowest BCUT2D eigenvalue weighted by atomic mass is 10.0. The monoisotopic (exact) mass is 254 g/mol. The predicted octanol–water partition coefficient (Wildman–Crippen LogP) is 1.75. The molecule has 104 valence electrons. The van der Waals surface area contributed by atoms with E-state index in [9.17, 15) is 4.79 Å². The third-order valence-corrected chi connectivity index (χ3v) is 4.29. The summed E-state index contributed by atoms with van der Waals surface area (Å²) in [6.07, 6.45) is 4.65. The zero-order valence-electron chi connectivity index (χ0n) is 11.8. The minimum absolute atomic E-state index is 0.0270. The third-order valence-electron chi connectivity index (χ3n) is 4.29. The molecular formula is C14H26N2O2. The first-order valence-corrected chi connectivity index (χ1v) is 7.35. The first-order valence-electron chi connectivity index (χ1n) is 7.35. The molecule has 0 aromatic heterocycles. The first-order chi connectivity index (χ1) is 8.67. The summed E-state index contributed by atoms with van der Waals surface area (Å²) in [7, 11) is 0. The van der Waals surface area contributed by atoms with Gasteiger partial charge in [-0.15, -0.1) is 0 Å². The second-order valence-electron chi connectivity index (χ2n) is 5.55. The Morgan fingerprint density at radius 1 is 1.44 bits per heavy atom. The van der Waals surface area contributed by atoms with E-state index in [1.807, 2.05) is 0 Å². The normalized spacial score (nSPS) is 36.6. The van der Waals surface area contributed by atoms with E-state index < -0.39 is 0 Å². The van der Waals surface area contributed by atoms with Crippen molar-refractivity contribution < 1.29 is 9.53 Å². The summed E-state index contributed by atoms with van der Waals surface area (Å²) in [5.74, 6) is 0.792. The molecule has 4 atom stereocenters. The van der Waals surface area contributed by atoms with Gasteiger partial charge in [0.25, 0.3) is 0 Å². The SMILES string of the molecule is CCCC1NC(CC)C(=O)N1CC1CCOC1C. The van der Waals surface area contributed by atoms with Gasteiger partial charge in [0, 0.05) is 19.1 Å². The van der Waals surface area contributed by atoms with Crippen LogP contribution in [0.2, 0.25) is 0 Å². The summed E-state index contributed by atoms with van der Waals surface area (Å²) >= 11 is 0. The van der Waals surface area contributed by atoms with E-state index in [-0.39, 0.29) is 18.1 Å². The van der Waals surface area contributed by atoms with Gasteiger partial charge < -0.3 is 9.64 Å². The molecule has 4 nitrogen and oxygen atoms in total. The average Bonchev–Trinajstić information content (AvgIpc) is 2.88. The molecule has 0 aromatic carbocycles. The van der Waals surface area contributed by atoms with Gasteiger partial charge in [-0.2, -0.15) is 0 Å². The van der Waals surface area contributed by atoms with Crippen molar-refractivity contribution in [2.24, 2.45) is 5.92 Å². The fraction of sp³-hybridized carbons (Fsp3) is 0.929. The first kappa shape index (κ1) is 13.8. The molecule has 1 amide bonds. The zero-order chi connectivity index (χ0) is 13.1. The van der Waals surface area contributed by atoms with Crippen LogP contribution in [-0.4, -0.2) is 42.3 Å². The van der Waals surface area contributed by atoms with Crippen molar-refractivity contribution in [3.05, 3.63) is 0 Å². The fourth-order valence-electron chi connectivity index (χ4n) is 3.04. The highest BCUT2D eigenvalue weighted by Crippen LogP contribution is 2.25. The van der Waals surface area contributed by atoms with E-state index >= 15 is 0 Å². The number of carbonyl (C=O) groups is 1. The maximum atomic E-state index is 12.3. The molecule has 0 spiro atoms. The van der Waals surface area contributed by atoms with Crippen LogP contribution in [0.5, 0.6) is 0 Å². The van der Waals surface area contributed by atoms with Crippen LogP contribution >= 0.6 is 0 Å². The van der Waals surface area contributed by atoms with Gasteiger partial charge in [-0.1, -0.05) is 20.3 Å². The molecule has 4 heteroatoms. The summed E-state index contributed by atoms with van der Waals surface area (Å²) in [5.41, 5.74) is 0. The molecule has 18 heavy (non-hydrogen) atoms.